The van der Waals surface area contributed by atoms with Crippen LogP contribution in [0.5, 0.6) is 0 Å². The van der Waals surface area contributed by atoms with Crippen molar-refractivity contribution in [3.8, 4) is 0 Å². The summed E-state index contributed by atoms with van der Waals surface area (Å²) in [6, 6.07) is 7.19. The van der Waals surface area contributed by atoms with Crippen LogP contribution < -0.4 is 5.32 Å². The van der Waals surface area contributed by atoms with E-state index in [0.717, 1.165) is 25.2 Å². The van der Waals surface area contributed by atoms with Crippen LogP contribution in [-0.4, -0.2) is 31.1 Å². The summed E-state index contributed by atoms with van der Waals surface area (Å²) in [4.78, 5) is 2.30. The van der Waals surface area contributed by atoms with Gasteiger partial charge < -0.3 is 5.32 Å². The molecular formula is C14H20F2N2. The van der Waals surface area contributed by atoms with Crippen molar-refractivity contribution in [1.82, 2.24) is 10.2 Å². The molecule has 1 atom stereocenters. The van der Waals surface area contributed by atoms with Gasteiger partial charge in [-0.25, -0.2) is 8.78 Å². The molecule has 1 saturated heterocycles. The SMILES string of the molecule is CN(Cc1ccc(C(F)F)cc1)C1CCCNC1. The van der Waals surface area contributed by atoms with Crippen LogP contribution in [0.1, 0.15) is 30.4 Å². The normalized spacial score (nSPS) is 20.6. The Morgan fingerprint density at radius 1 is 1.33 bits per heavy atom. The monoisotopic (exact) mass is 254 g/mol. The van der Waals surface area contributed by atoms with Crippen molar-refractivity contribution in [2.24, 2.45) is 0 Å². The van der Waals surface area contributed by atoms with E-state index in [-0.39, 0.29) is 5.56 Å². The van der Waals surface area contributed by atoms with Crippen LogP contribution in [0.2, 0.25) is 0 Å². The van der Waals surface area contributed by atoms with E-state index < -0.39 is 6.43 Å². The lowest BCUT2D eigenvalue weighted by Crippen LogP contribution is -2.43. The maximum atomic E-state index is 12.4. The average Bonchev–Trinajstić information content (AvgIpc) is 2.40. The largest absolute Gasteiger partial charge is 0.315 e. The smallest absolute Gasteiger partial charge is 0.263 e. The minimum absolute atomic E-state index is 0.0979. The van der Waals surface area contributed by atoms with E-state index in [1.54, 1.807) is 12.1 Å². The van der Waals surface area contributed by atoms with Gasteiger partial charge in [0.2, 0.25) is 0 Å². The van der Waals surface area contributed by atoms with Crippen LogP contribution in [0.3, 0.4) is 0 Å². The molecule has 0 radical (unpaired) electrons. The lowest BCUT2D eigenvalue weighted by atomic mass is 10.1. The fourth-order valence-corrected chi connectivity index (χ4v) is 2.40. The molecule has 0 bridgehead atoms. The second kappa shape index (κ2) is 6.25. The standard InChI is InChI=1S/C14H20F2N2/c1-18(13-3-2-8-17-9-13)10-11-4-6-12(7-5-11)14(15)16/h4-7,13-14,17H,2-3,8-10H2,1H3. The molecule has 18 heavy (non-hydrogen) atoms. The molecule has 1 heterocycles. The third-order valence-electron chi connectivity index (χ3n) is 3.56. The Labute approximate surface area is 107 Å². The second-order valence-electron chi connectivity index (χ2n) is 4.96. The fourth-order valence-electron chi connectivity index (χ4n) is 2.40. The molecular weight excluding hydrogens is 234 g/mol. The lowest BCUT2D eigenvalue weighted by Gasteiger charge is -2.31. The first-order valence-corrected chi connectivity index (χ1v) is 6.45. The Kier molecular flexibility index (Phi) is 4.66. The molecule has 100 valence electrons. The second-order valence-corrected chi connectivity index (χ2v) is 4.96. The van der Waals surface area contributed by atoms with Gasteiger partial charge in [0.1, 0.15) is 0 Å². The average molecular weight is 254 g/mol. The Bertz CT molecular complexity index is 359. The van der Waals surface area contributed by atoms with Crippen LogP contribution in [-0.2, 0) is 6.54 Å². The first-order chi connectivity index (χ1) is 8.66. The minimum Gasteiger partial charge on any atom is -0.315 e. The van der Waals surface area contributed by atoms with Crippen molar-refractivity contribution in [3.05, 3.63) is 35.4 Å². The van der Waals surface area contributed by atoms with Crippen molar-refractivity contribution in [2.75, 3.05) is 20.1 Å². The molecule has 4 heteroatoms. The molecule has 2 rings (SSSR count). The summed E-state index contributed by atoms with van der Waals surface area (Å²) in [5.41, 5.74) is 1.19. The molecule has 2 nitrogen and oxygen atoms in total. The Morgan fingerprint density at radius 3 is 2.61 bits per heavy atom. The number of likely N-dealkylation sites (N-methyl/N-ethyl adjacent to an activating group) is 1. The van der Waals surface area contributed by atoms with E-state index in [1.165, 1.54) is 25.0 Å². The number of halogens is 2. The van der Waals surface area contributed by atoms with Gasteiger partial charge in [-0.3, -0.25) is 4.90 Å². The molecule has 1 aromatic rings. The predicted octanol–water partition coefficient (Wildman–Crippen LogP) is 2.81. The fraction of sp³-hybridized carbons (Fsp3) is 0.571. The molecule has 1 aliphatic rings. The molecule has 1 fully saturated rings. The first kappa shape index (κ1) is 13.4. The van der Waals surface area contributed by atoms with E-state index >= 15 is 0 Å². The molecule has 1 aromatic carbocycles. The summed E-state index contributed by atoms with van der Waals surface area (Å²) >= 11 is 0. The van der Waals surface area contributed by atoms with E-state index in [0.29, 0.717) is 6.04 Å². The zero-order chi connectivity index (χ0) is 13.0. The number of nitrogens with zero attached hydrogens (tertiary/aromatic N) is 1. The third-order valence-corrected chi connectivity index (χ3v) is 3.56. The number of benzene rings is 1. The van der Waals surface area contributed by atoms with Gasteiger partial charge in [-0.05, 0) is 32.0 Å². The minimum atomic E-state index is -2.38. The van der Waals surface area contributed by atoms with Gasteiger partial charge in [-0.2, -0.15) is 0 Å². The van der Waals surface area contributed by atoms with Crippen LogP contribution in [0.15, 0.2) is 24.3 Å². The van der Waals surface area contributed by atoms with Crippen molar-refractivity contribution in [3.63, 3.8) is 0 Å². The zero-order valence-electron chi connectivity index (χ0n) is 10.7. The van der Waals surface area contributed by atoms with Crippen LogP contribution in [0, 0.1) is 0 Å². The number of rotatable bonds is 4. The van der Waals surface area contributed by atoms with Crippen molar-refractivity contribution in [2.45, 2.75) is 31.9 Å². The van der Waals surface area contributed by atoms with Crippen LogP contribution in [0.25, 0.3) is 0 Å². The summed E-state index contributed by atoms with van der Waals surface area (Å²) in [6.45, 7) is 2.94. The van der Waals surface area contributed by atoms with Gasteiger partial charge in [0.25, 0.3) is 6.43 Å². The molecule has 1 aliphatic heterocycles. The molecule has 0 amide bonds. The predicted molar refractivity (Wildman–Crippen MR) is 68.8 cm³/mol. The Balaban J connectivity index is 1.91. The molecule has 0 spiro atoms. The van der Waals surface area contributed by atoms with Crippen molar-refractivity contribution < 1.29 is 8.78 Å². The maximum absolute atomic E-state index is 12.4. The van der Waals surface area contributed by atoms with Gasteiger partial charge in [0.15, 0.2) is 0 Å². The maximum Gasteiger partial charge on any atom is 0.263 e. The summed E-state index contributed by atoms with van der Waals surface area (Å²) in [6.07, 6.45) is 0.0390. The van der Waals surface area contributed by atoms with Gasteiger partial charge in [0, 0.05) is 24.7 Å². The number of hydrogen-bond acceptors (Lipinski definition) is 2. The number of hydrogen-bond donors (Lipinski definition) is 1. The van der Waals surface area contributed by atoms with E-state index in [4.69, 9.17) is 0 Å². The van der Waals surface area contributed by atoms with Gasteiger partial charge in [0.05, 0.1) is 0 Å². The molecule has 0 saturated carbocycles. The zero-order valence-corrected chi connectivity index (χ0v) is 10.7. The summed E-state index contributed by atoms with van der Waals surface area (Å²) in [5.74, 6) is 0. The van der Waals surface area contributed by atoms with E-state index in [1.807, 2.05) is 0 Å². The first-order valence-electron chi connectivity index (χ1n) is 6.45. The highest BCUT2D eigenvalue weighted by Gasteiger charge is 2.17. The lowest BCUT2D eigenvalue weighted by molar-refractivity contribution is 0.151. The molecule has 0 aromatic heterocycles. The Hall–Kier alpha value is -1.00. The highest BCUT2D eigenvalue weighted by molar-refractivity contribution is 5.23. The van der Waals surface area contributed by atoms with Crippen molar-refractivity contribution >= 4 is 0 Å². The van der Waals surface area contributed by atoms with Crippen LogP contribution in [0.4, 0.5) is 8.78 Å². The third kappa shape index (κ3) is 3.50. The number of nitrogens with one attached hydrogen (secondary N) is 1. The number of alkyl halides is 2. The highest BCUT2D eigenvalue weighted by atomic mass is 19.3. The topological polar surface area (TPSA) is 15.3 Å². The summed E-state index contributed by atoms with van der Waals surface area (Å²) in [5, 5.41) is 3.38. The Morgan fingerprint density at radius 2 is 2.06 bits per heavy atom. The van der Waals surface area contributed by atoms with E-state index in [9.17, 15) is 8.78 Å². The van der Waals surface area contributed by atoms with Gasteiger partial charge >= 0.3 is 0 Å². The summed E-state index contributed by atoms with van der Waals surface area (Å²) < 4.78 is 24.9. The molecule has 1 N–H and O–H groups in total. The van der Waals surface area contributed by atoms with Gasteiger partial charge in [-0.1, -0.05) is 24.3 Å². The van der Waals surface area contributed by atoms with Crippen LogP contribution >= 0.6 is 0 Å². The van der Waals surface area contributed by atoms with E-state index in [2.05, 4.69) is 17.3 Å². The van der Waals surface area contributed by atoms with Crippen molar-refractivity contribution in [1.29, 1.82) is 0 Å². The summed E-state index contributed by atoms with van der Waals surface area (Å²) in [7, 11) is 2.10. The quantitative estimate of drug-likeness (QED) is 0.889. The molecule has 0 aliphatic carbocycles. The van der Waals surface area contributed by atoms with Gasteiger partial charge in [-0.15, -0.1) is 0 Å². The molecule has 1 unspecified atom stereocenters. The highest BCUT2D eigenvalue weighted by Crippen LogP contribution is 2.19. The number of piperidine rings is 1.